The molecular formula is C9H10N2O3. The van der Waals surface area contributed by atoms with Crippen LogP contribution in [0.5, 0.6) is 5.75 Å². The predicted octanol–water partition coefficient (Wildman–Crippen LogP) is 1.21. The Kier molecular flexibility index (Phi) is 2.09. The molecular weight excluding hydrogens is 184 g/mol. The molecule has 0 aromatic heterocycles. The van der Waals surface area contributed by atoms with Crippen molar-refractivity contribution in [2.75, 3.05) is 7.11 Å². The highest BCUT2D eigenvalue weighted by Gasteiger charge is 2.26. The molecule has 1 aliphatic rings. The molecule has 1 N–H and O–H groups in total. The van der Waals surface area contributed by atoms with E-state index in [1.54, 1.807) is 6.07 Å². The van der Waals surface area contributed by atoms with Crippen molar-refractivity contribution in [1.29, 1.82) is 0 Å². The maximum absolute atomic E-state index is 10.8. The number of hydrogen-bond donors (Lipinski definition) is 1. The maximum Gasteiger partial charge on any atom is 0.315 e. The molecule has 0 spiro atoms. The zero-order valence-electron chi connectivity index (χ0n) is 7.74. The van der Waals surface area contributed by atoms with Gasteiger partial charge in [-0.15, -0.1) is 0 Å². The van der Waals surface area contributed by atoms with E-state index in [4.69, 9.17) is 4.74 Å². The Balaban J connectivity index is 2.62. The largest absolute Gasteiger partial charge is 0.490 e. The molecule has 5 nitrogen and oxygen atoms in total. The lowest BCUT2D eigenvalue weighted by Gasteiger charge is -2.04. The van der Waals surface area contributed by atoms with E-state index in [9.17, 15) is 10.1 Å². The van der Waals surface area contributed by atoms with Gasteiger partial charge in [0.25, 0.3) is 0 Å². The van der Waals surface area contributed by atoms with Crippen molar-refractivity contribution in [2.24, 2.45) is 0 Å². The average molecular weight is 194 g/mol. The van der Waals surface area contributed by atoms with Crippen LogP contribution < -0.4 is 10.1 Å². The van der Waals surface area contributed by atoms with E-state index in [0.717, 1.165) is 11.1 Å². The van der Waals surface area contributed by atoms with E-state index >= 15 is 0 Å². The summed E-state index contributed by atoms with van der Waals surface area (Å²) in [6, 6.07) is 3.51. The Labute approximate surface area is 80.8 Å². The quantitative estimate of drug-likeness (QED) is 0.567. The van der Waals surface area contributed by atoms with E-state index < -0.39 is 0 Å². The van der Waals surface area contributed by atoms with Crippen molar-refractivity contribution in [3.63, 3.8) is 0 Å². The molecule has 0 radical (unpaired) electrons. The van der Waals surface area contributed by atoms with Crippen molar-refractivity contribution in [3.8, 4) is 5.75 Å². The number of ether oxygens (including phenoxy) is 1. The van der Waals surface area contributed by atoms with Crippen LogP contribution in [0.25, 0.3) is 0 Å². The van der Waals surface area contributed by atoms with Gasteiger partial charge in [0.05, 0.1) is 17.6 Å². The van der Waals surface area contributed by atoms with Crippen LogP contribution in [0.2, 0.25) is 0 Å². The summed E-state index contributed by atoms with van der Waals surface area (Å²) in [5.74, 6) is 0.331. The Bertz CT molecular complexity index is 390. The van der Waals surface area contributed by atoms with Crippen LogP contribution in [-0.4, -0.2) is 12.0 Å². The smallest absolute Gasteiger partial charge is 0.315 e. The van der Waals surface area contributed by atoms with E-state index in [1.807, 2.05) is 6.07 Å². The molecule has 0 saturated carbocycles. The number of benzene rings is 1. The van der Waals surface area contributed by atoms with Crippen molar-refractivity contribution >= 4 is 5.69 Å². The Morgan fingerprint density at radius 2 is 2.29 bits per heavy atom. The third-order valence-electron chi connectivity index (χ3n) is 2.36. The summed E-state index contributed by atoms with van der Waals surface area (Å²) in [6.07, 6.45) is 0. The van der Waals surface area contributed by atoms with Crippen LogP contribution >= 0.6 is 0 Å². The second-order valence-electron chi connectivity index (χ2n) is 3.11. The van der Waals surface area contributed by atoms with Gasteiger partial charge in [-0.05, 0) is 11.6 Å². The number of nitro benzene ring substituents is 1. The van der Waals surface area contributed by atoms with Crippen LogP contribution in [0, 0.1) is 10.1 Å². The summed E-state index contributed by atoms with van der Waals surface area (Å²) in [4.78, 5) is 10.5. The zero-order chi connectivity index (χ0) is 10.1. The predicted molar refractivity (Wildman–Crippen MR) is 50.2 cm³/mol. The third-order valence-corrected chi connectivity index (χ3v) is 2.36. The minimum absolute atomic E-state index is 0.0926. The van der Waals surface area contributed by atoms with Gasteiger partial charge in [-0.1, -0.05) is 6.07 Å². The first kappa shape index (κ1) is 8.96. The van der Waals surface area contributed by atoms with Crippen LogP contribution in [0.15, 0.2) is 12.1 Å². The van der Waals surface area contributed by atoms with Gasteiger partial charge in [-0.25, -0.2) is 0 Å². The topological polar surface area (TPSA) is 64.4 Å². The van der Waals surface area contributed by atoms with Crippen molar-refractivity contribution in [3.05, 3.63) is 33.4 Å². The normalized spacial score (nSPS) is 13.8. The lowest BCUT2D eigenvalue weighted by atomic mass is 10.1. The SMILES string of the molecule is COc1ccc2c(c1[N+](=O)[O-])CNC2. The first-order valence-electron chi connectivity index (χ1n) is 4.28. The Morgan fingerprint density at radius 1 is 1.50 bits per heavy atom. The summed E-state index contributed by atoms with van der Waals surface area (Å²) in [7, 11) is 1.44. The number of nitrogens with one attached hydrogen (secondary N) is 1. The van der Waals surface area contributed by atoms with E-state index in [-0.39, 0.29) is 10.6 Å². The molecule has 0 unspecified atom stereocenters. The number of fused-ring (bicyclic) bond motifs is 1. The lowest BCUT2D eigenvalue weighted by Crippen LogP contribution is -2.02. The second kappa shape index (κ2) is 3.26. The van der Waals surface area contributed by atoms with Crippen molar-refractivity contribution < 1.29 is 9.66 Å². The van der Waals surface area contributed by atoms with E-state index in [2.05, 4.69) is 5.32 Å². The second-order valence-corrected chi connectivity index (χ2v) is 3.11. The number of methoxy groups -OCH3 is 1. The standard InChI is InChI=1S/C9H10N2O3/c1-14-8-3-2-6-4-10-5-7(6)9(8)11(12)13/h2-3,10H,4-5H2,1H3. The van der Waals surface area contributed by atoms with Crippen molar-refractivity contribution in [1.82, 2.24) is 5.32 Å². The highest BCUT2D eigenvalue weighted by atomic mass is 16.6. The molecule has 2 rings (SSSR count). The first-order chi connectivity index (χ1) is 6.74. The number of hydrogen-bond acceptors (Lipinski definition) is 4. The monoisotopic (exact) mass is 194 g/mol. The number of nitrogens with zero attached hydrogens (tertiary/aromatic N) is 1. The van der Waals surface area contributed by atoms with Gasteiger partial charge in [0.15, 0.2) is 5.75 Å². The number of rotatable bonds is 2. The van der Waals surface area contributed by atoms with Gasteiger partial charge < -0.3 is 10.1 Å². The molecule has 1 heterocycles. The van der Waals surface area contributed by atoms with Crippen molar-refractivity contribution in [2.45, 2.75) is 13.1 Å². The molecule has 0 bridgehead atoms. The lowest BCUT2D eigenvalue weighted by molar-refractivity contribution is -0.386. The maximum atomic E-state index is 10.8. The highest BCUT2D eigenvalue weighted by Crippen LogP contribution is 2.35. The van der Waals surface area contributed by atoms with Crippen LogP contribution in [0.3, 0.4) is 0 Å². The fourth-order valence-electron chi connectivity index (χ4n) is 1.71. The fraction of sp³-hybridized carbons (Fsp3) is 0.333. The van der Waals surface area contributed by atoms with Gasteiger partial charge in [-0.3, -0.25) is 10.1 Å². The first-order valence-corrected chi connectivity index (χ1v) is 4.28. The Hall–Kier alpha value is -1.62. The molecule has 14 heavy (non-hydrogen) atoms. The number of nitro groups is 1. The van der Waals surface area contributed by atoms with Gasteiger partial charge in [0.2, 0.25) is 0 Å². The van der Waals surface area contributed by atoms with Crippen LogP contribution in [0.1, 0.15) is 11.1 Å². The molecule has 1 aromatic rings. The molecule has 0 saturated heterocycles. The molecule has 1 aliphatic heterocycles. The minimum atomic E-state index is -0.384. The average Bonchev–Trinajstić information content (AvgIpc) is 2.62. The van der Waals surface area contributed by atoms with Gasteiger partial charge in [0, 0.05) is 13.1 Å². The molecule has 1 aromatic carbocycles. The summed E-state index contributed by atoms with van der Waals surface area (Å²) in [5.41, 5.74) is 1.82. The van der Waals surface area contributed by atoms with Gasteiger partial charge >= 0.3 is 5.69 Å². The molecule has 5 heteroatoms. The minimum Gasteiger partial charge on any atom is -0.490 e. The summed E-state index contributed by atoms with van der Waals surface area (Å²) in [6.45, 7) is 1.24. The van der Waals surface area contributed by atoms with E-state index in [1.165, 1.54) is 7.11 Å². The summed E-state index contributed by atoms with van der Waals surface area (Å²) < 4.78 is 4.96. The molecule has 0 amide bonds. The molecule has 74 valence electrons. The third kappa shape index (κ3) is 1.22. The van der Waals surface area contributed by atoms with Crippen LogP contribution in [-0.2, 0) is 13.1 Å². The van der Waals surface area contributed by atoms with Gasteiger partial charge in [-0.2, -0.15) is 0 Å². The van der Waals surface area contributed by atoms with E-state index in [0.29, 0.717) is 18.8 Å². The zero-order valence-corrected chi connectivity index (χ0v) is 7.74. The fourth-order valence-corrected chi connectivity index (χ4v) is 1.71. The highest BCUT2D eigenvalue weighted by molar-refractivity contribution is 5.57. The van der Waals surface area contributed by atoms with Gasteiger partial charge in [0.1, 0.15) is 0 Å². The summed E-state index contributed by atoms with van der Waals surface area (Å²) >= 11 is 0. The Morgan fingerprint density at radius 3 is 2.93 bits per heavy atom. The van der Waals surface area contributed by atoms with Crippen LogP contribution in [0.4, 0.5) is 5.69 Å². The molecule has 0 fully saturated rings. The molecule has 0 atom stereocenters. The summed E-state index contributed by atoms with van der Waals surface area (Å²) in [5, 5.41) is 13.9. The molecule has 0 aliphatic carbocycles.